The molecule has 0 spiro atoms. The Labute approximate surface area is 685 Å². The Balaban J connectivity index is 0.0000000960. The fourth-order valence-corrected chi connectivity index (χ4v) is 47.4. The summed E-state index contributed by atoms with van der Waals surface area (Å²) >= 11 is 0. The van der Waals surface area contributed by atoms with Gasteiger partial charge in [-0.15, -0.1) is 0 Å². The number of aliphatic hydroxyl groups is 2. The van der Waals surface area contributed by atoms with E-state index in [1.807, 2.05) is 20.8 Å². The second-order valence-corrected chi connectivity index (χ2v) is 57.0. The van der Waals surface area contributed by atoms with Crippen LogP contribution in [0.5, 0.6) is 0 Å². The lowest BCUT2D eigenvalue weighted by Gasteiger charge is -2.35. The van der Waals surface area contributed by atoms with E-state index in [1.165, 1.54) is 13.8 Å². The maximum Gasteiger partial charge on any atom is 0.302 e. The van der Waals surface area contributed by atoms with E-state index in [1.54, 1.807) is 0 Å². The van der Waals surface area contributed by atoms with Gasteiger partial charge < -0.3 is 19.7 Å². The molecule has 2 N–H and O–H groups in total. The molecule has 16 aliphatic carbocycles. The lowest BCUT2D eigenvalue weighted by atomic mass is 9.73. The molecular formula is C78H120O30S8. The molecule has 0 aromatic rings. The highest BCUT2D eigenvalue weighted by Crippen LogP contribution is 2.75. The third-order valence-corrected chi connectivity index (χ3v) is 51.9. The predicted molar refractivity (Wildman–Crippen MR) is 415 cm³/mol. The van der Waals surface area contributed by atoms with Crippen molar-refractivity contribution in [1.29, 1.82) is 0 Å². The van der Waals surface area contributed by atoms with Gasteiger partial charge in [0.25, 0.3) is 80.9 Å². The summed E-state index contributed by atoms with van der Waals surface area (Å²) in [5.74, 6) is 4.68. The average Bonchev–Trinajstić information content (AvgIpc) is 1.60. The van der Waals surface area contributed by atoms with Crippen molar-refractivity contribution >= 4 is 92.9 Å². The molecule has 38 heteroatoms. The first-order valence-electron chi connectivity index (χ1n) is 42.1. The molecule has 24 fully saturated rings. The van der Waals surface area contributed by atoms with Crippen molar-refractivity contribution in [2.24, 2.45) is 138 Å². The van der Waals surface area contributed by atoms with Crippen LogP contribution in [0.3, 0.4) is 0 Å². The predicted octanol–water partition coefficient (Wildman–Crippen LogP) is 7.01. The van der Waals surface area contributed by atoms with E-state index in [-0.39, 0.29) is 150 Å². The van der Waals surface area contributed by atoms with Crippen LogP contribution >= 0.6 is 0 Å². The van der Waals surface area contributed by atoms with Crippen LogP contribution in [0.2, 0.25) is 0 Å². The van der Waals surface area contributed by atoms with Crippen LogP contribution in [0.15, 0.2) is 0 Å². The number of fused-ring (bicyclic) bond motifs is 8. The van der Waals surface area contributed by atoms with Gasteiger partial charge in [-0.2, -0.15) is 67.3 Å². The minimum absolute atomic E-state index is 0.00579. The van der Waals surface area contributed by atoms with Gasteiger partial charge in [0.2, 0.25) is 0 Å². The van der Waals surface area contributed by atoms with Crippen molar-refractivity contribution in [3.05, 3.63) is 0 Å². The molecule has 116 heavy (non-hydrogen) atoms. The SMILES string of the molecule is CC(=O)OCC12CC3C(COC(C)=O)(C1)C(OS3(=O)=O)C2C.CC1(C)C2CC3C1OS(=O)(=O)C3C2.CC1C2CC3C(C)(C2)C1OS3(=O)=O.CC1C2CC3C(C2)S(=O)(=O)OC13C.CC1C2CC3C1OS(=O)(=O)C3C2.CC1C2OS(=O)(=O)C3CC1(C)CC23.CC1C2OS(=O)(=O)C3CC1(C)CC23C.CC1C2OS(=O)(=O)C3CC1(CO)CC23CO. The summed E-state index contributed by atoms with van der Waals surface area (Å²) in [5.41, 5.74) is -2.23. The number of ether oxygens (including phenoxy) is 2. The first-order valence-corrected chi connectivity index (χ1v) is 53.9. The van der Waals surface area contributed by atoms with Crippen molar-refractivity contribution in [3.63, 3.8) is 0 Å². The number of esters is 2. The summed E-state index contributed by atoms with van der Waals surface area (Å²) in [6.45, 7) is 31.9. The average molecular weight is 1790 g/mol. The summed E-state index contributed by atoms with van der Waals surface area (Å²) < 4.78 is 239. The molecule has 660 valence electrons. The van der Waals surface area contributed by atoms with Crippen molar-refractivity contribution in [2.75, 3.05) is 26.4 Å². The minimum Gasteiger partial charge on any atom is -0.465 e. The molecule has 39 unspecified atom stereocenters. The van der Waals surface area contributed by atoms with Crippen LogP contribution in [-0.2, 0) is 133 Å². The van der Waals surface area contributed by atoms with E-state index >= 15 is 0 Å². The highest BCUT2D eigenvalue weighted by Gasteiger charge is 2.81. The van der Waals surface area contributed by atoms with Crippen LogP contribution in [0.4, 0.5) is 0 Å². The van der Waals surface area contributed by atoms with Crippen LogP contribution in [0.1, 0.15) is 214 Å². The number of carbonyl (C=O) groups excluding carboxylic acids is 2. The van der Waals surface area contributed by atoms with E-state index in [0.29, 0.717) is 96.7 Å². The van der Waals surface area contributed by atoms with Crippen molar-refractivity contribution in [1.82, 2.24) is 0 Å². The monoisotopic (exact) mass is 1790 g/mol. The fourth-order valence-electron chi connectivity index (χ4n) is 30.5. The summed E-state index contributed by atoms with van der Waals surface area (Å²) in [4.78, 5) is 22.3. The lowest BCUT2D eigenvalue weighted by molar-refractivity contribution is -0.147. The van der Waals surface area contributed by atoms with Gasteiger partial charge in [-0.3, -0.25) is 43.1 Å². The molecule has 0 radical (unpaired) electrons. The topological polar surface area (TPSA) is 440 Å². The molecule has 30 nitrogen and oxygen atoms in total. The highest BCUT2D eigenvalue weighted by molar-refractivity contribution is 7.89. The Morgan fingerprint density at radius 2 is 0.897 bits per heavy atom. The second kappa shape index (κ2) is 26.4. The van der Waals surface area contributed by atoms with Gasteiger partial charge in [0.05, 0.1) is 109 Å². The van der Waals surface area contributed by atoms with Crippen molar-refractivity contribution in [2.45, 2.75) is 304 Å². The molecule has 8 heterocycles. The van der Waals surface area contributed by atoms with Gasteiger partial charge in [0.1, 0.15) is 6.61 Å². The molecule has 24 rings (SSSR count). The first-order chi connectivity index (χ1) is 53.2. The van der Waals surface area contributed by atoms with Crippen LogP contribution in [-0.4, -0.2) is 206 Å². The quantitative estimate of drug-likeness (QED) is 0.199. The van der Waals surface area contributed by atoms with E-state index < -0.39 is 126 Å². The molecule has 39 atom stereocenters. The van der Waals surface area contributed by atoms with Gasteiger partial charge in [-0.05, 0) is 191 Å². The summed E-state index contributed by atoms with van der Waals surface area (Å²) in [7, 11) is -26.5. The Hall–Kier alpha value is -1.86. The molecule has 0 amide bonds. The maximum atomic E-state index is 12.3. The zero-order valence-electron chi connectivity index (χ0n) is 69.1. The zero-order chi connectivity index (χ0) is 84.7. The molecule has 16 bridgehead atoms. The van der Waals surface area contributed by atoms with Crippen LogP contribution in [0.25, 0.3) is 0 Å². The molecule has 0 aromatic carbocycles. The Morgan fingerprint density at radius 3 is 1.42 bits per heavy atom. The third kappa shape index (κ3) is 11.9. The summed E-state index contributed by atoms with van der Waals surface area (Å²) in [5, 5.41) is 16.6. The van der Waals surface area contributed by atoms with Gasteiger partial charge in [0.15, 0.2) is 0 Å². The first kappa shape index (κ1) is 86.3. The zero-order valence-corrected chi connectivity index (χ0v) is 75.6. The number of carbonyl (C=O) groups is 2. The van der Waals surface area contributed by atoms with Crippen LogP contribution < -0.4 is 0 Å². The van der Waals surface area contributed by atoms with E-state index in [0.717, 1.165) is 77.0 Å². The van der Waals surface area contributed by atoms with E-state index in [9.17, 15) is 87.1 Å². The molecule has 8 saturated heterocycles. The van der Waals surface area contributed by atoms with Crippen molar-refractivity contribution in [3.8, 4) is 0 Å². The smallest absolute Gasteiger partial charge is 0.302 e. The molecular weight excluding hydrogens is 1670 g/mol. The number of aliphatic hydroxyl groups excluding tert-OH is 2. The van der Waals surface area contributed by atoms with E-state index in [4.69, 9.17) is 42.9 Å². The Bertz CT molecular complexity index is 5060. The standard InChI is InChI=1S/C14H20O7S.C10H16O5S.C10H16O3S.4C9H14O3S.C8H12O3S/c1-8-12-14(7-20-10(3)16)5-13(8,6-19-9(2)15)4-11(14)22(17,18)21-12;1-6-8-10(5-12)3-9(6,4-11)2-7(10)16(13,14)15-8;1-6-8-10(3)5-9(6,2)4-7(10)14(11,12)13-8;1-9(2)5-3-6-7(4-5)13(10,11)12-8(6)9;1-5-8-6-3-9(5,2)4-7(6)13(10,11)12-8;1-5-6-3-7-9(2,4-6)8(5)12-13(7,10)11;1-5-6-3-7-8(4-6)13(10,11)12-9(5,7)2;1-4-5-2-6-7(3-5)12(9,10)11-8(4)6/h8,11-12H,4-7H2,1-3H3;6-8,11-12H,2-5H2,1H3;6-8H,4-5H2,1-3H3;4*5-8H,3-4H2,1-2H3;4-8H,2-3H2,1H3. The fraction of sp³-hybridized carbons (Fsp3) is 0.974. The summed E-state index contributed by atoms with van der Waals surface area (Å²) in [6.07, 6.45) is 12.1. The molecule has 24 aliphatic rings. The number of rotatable bonds is 6. The lowest BCUT2D eigenvalue weighted by Crippen LogP contribution is -2.45. The van der Waals surface area contributed by atoms with Gasteiger partial charge in [-0.1, -0.05) is 90.0 Å². The Kier molecular flexibility index (Phi) is 19.6. The van der Waals surface area contributed by atoms with Crippen molar-refractivity contribution < 1.29 is 130 Å². The van der Waals surface area contributed by atoms with Crippen LogP contribution in [0, 0.1) is 138 Å². The maximum absolute atomic E-state index is 12.3. The molecule has 16 saturated carbocycles. The summed E-state index contributed by atoms with van der Waals surface area (Å²) in [6, 6.07) is 0. The largest absolute Gasteiger partial charge is 0.465 e. The second-order valence-electron chi connectivity index (χ2n) is 42.9. The minimum atomic E-state index is -3.68. The van der Waals surface area contributed by atoms with Gasteiger partial charge in [-0.25, -0.2) is 0 Å². The van der Waals surface area contributed by atoms with Gasteiger partial charge in [0, 0.05) is 71.2 Å². The normalized spacial score (nSPS) is 56.9. The highest BCUT2D eigenvalue weighted by atomic mass is 32.3. The number of hydrogen-bond acceptors (Lipinski definition) is 30. The van der Waals surface area contributed by atoms with Gasteiger partial charge >= 0.3 is 11.9 Å². The molecule has 0 aromatic heterocycles. The molecule has 8 aliphatic heterocycles. The third-order valence-electron chi connectivity index (χ3n) is 37.3. The van der Waals surface area contributed by atoms with E-state index in [2.05, 4.69) is 76.2 Å². The Morgan fingerprint density at radius 1 is 0.371 bits per heavy atom. The number of hydrogen-bond donors (Lipinski definition) is 2.